The van der Waals surface area contributed by atoms with Crippen molar-refractivity contribution >= 4 is 44.6 Å². The second-order valence-electron chi connectivity index (χ2n) is 5.84. The first-order valence-corrected chi connectivity index (χ1v) is 9.18. The van der Waals surface area contributed by atoms with Gasteiger partial charge in [0.05, 0.1) is 0 Å². The molecule has 1 aromatic carbocycles. The van der Waals surface area contributed by atoms with Gasteiger partial charge in [-0.15, -0.1) is 11.3 Å². The average Bonchev–Trinajstić information content (AvgIpc) is 2.75. The highest BCUT2D eigenvalue weighted by Crippen LogP contribution is 2.33. The van der Waals surface area contributed by atoms with E-state index in [1.807, 2.05) is 0 Å². The molecule has 114 valence electrons. The lowest BCUT2D eigenvalue weighted by molar-refractivity contribution is 0.833. The van der Waals surface area contributed by atoms with Crippen molar-refractivity contribution in [3.63, 3.8) is 0 Å². The lowest BCUT2D eigenvalue weighted by Gasteiger charge is -2.17. The van der Waals surface area contributed by atoms with Crippen LogP contribution < -0.4 is 5.32 Å². The van der Waals surface area contributed by atoms with Gasteiger partial charge in [-0.25, -0.2) is 0 Å². The Morgan fingerprint density at radius 3 is 2.38 bits per heavy atom. The zero-order valence-corrected chi connectivity index (χ0v) is 16.0. The Bertz CT molecular complexity index is 600. The Morgan fingerprint density at radius 2 is 1.86 bits per heavy atom. The fourth-order valence-corrected chi connectivity index (χ4v) is 3.97. The molecule has 0 aliphatic rings. The Hall–Kier alpha value is -0.510. The monoisotopic (exact) mass is 385 g/mol. The molecule has 0 aliphatic carbocycles. The van der Waals surface area contributed by atoms with Crippen LogP contribution in [0.4, 0.5) is 5.69 Å². The smallest absolute Gasteiger partial charge is 0.107 e. The van der Waals surface area contributed by atoms with Gasteiger partial charge in [-0.05, 0) is 51.0 Å². The molecule has 0 unspecified atom stereocenters. The summed E-state index contributed by atoms with van der Waals surface area (Å²) in [6.07, 6.45) is 0. The van der Waals surface area contributed by atoms with Gasteiger partial charge in [0.15, 0.2) is 0 Å². The van der Waals surface area contributed by atoms with Gasteiger partial charge in [0.25, 0.3) is 0 Å². The van der Waals surface area contributed by atoms with E-state index in [2.05, 4.69) is 73.2 Å². The second kappa shape index (κ2) is 7.17. The van der Waals surface area contributed by atoms with Crippen LogP contribution in [0.2, 0.25) is 4.34 Å². The summed E-state index contributed by atoms with van der Waals surface area (Å²) in [6.45, 7) is 9.75. The zero-order chi connectivity index (χ0) is 15.6. The molecular formula is C17H21BrClNS. The molecule has 0 bridgehead atoms. The molecule has 1 aromatic heterocycles. The van der Waals surface area contributed by atoms with E-state index in [4.69, 9.17) is 11.6 Å². The van der Waals surface area contributed by atoms with Crippen molar-refractivity contribution in [2.75, 3.05) is 5.32 Å². The van der Waals surface area contributed by atoms with Gasteiger partial charge < -0.3 is 5.32 Å². The minimum Gasteiger partial charge on any atom is -0.380 e. The van der Waals surface area contributed by atoms with Gasteiger partial charge in [-0.3, -0.25) is 0 Å². The Labute approximate surface area is 144 Å². The number of rotatable bonds is 5. The molecule has 0 saturated heterocycles. The van der Waals surface area contributed by atoms with Gasteiger partial charge in [-0.2, -0.15) is 0 Å². The lowest BCUT2D eigenvalue weighted by Crippen LogP contribution is -2.03. The van der Waals surface area contributed by atoms with Gasteiger partial charge in [-0.1, -0.05) is 51.4 Å². The molecule has 0 saturated carbocycles. The molecule has 1 nitrogen and oxygen atoms in total. The summed E-state index contributed by atoms with van der Waals surface area (Å²) in [7, 11) is 0. The van der Waals surface area contributed by atoms with E-state index in [1.54, 1.807) is 11.3 Å². The average molecular weight is 387 g/mol. The SMILES string of the molecule is CC(C)c1ccc(NCc2cc(Br)c(Cl)s2)c(C(C)C)c1. The number of hydrogen-bond acceptors (Lipinski definition) is 2. The van der Waals surface area contributed by atoms with Crippen LogP contribution in [0.5, 0.6) is 0 Å². The van der Waals surface area contributed by atoms with Gasteiger partial charge >= 0.3 is 0 Å². The van der Waals surface area contributed by atoms with Crippen molar-refractivity contribution in [1.82, 2.24) is 0 Å². The molecule has 1 N–H and O–H groups in total. The van der Waals surface area contributed by atoms with E-state index in [0.29, 0.717) is 11.8 Å². The molecule has 21 heavy (non-hydrogen) atoms. The molecule has 0 spiro atoms. The maximum Gasteiger partial charge on any atom is 0.107 e. The standard InChI is InChI=1S/C17H21BrClNS/c1-10(2)12-5-6-16(14(7-12)11(3)4)20-9-13-8-15(18)17(19)21-13/h5-8,10-11,20H,9H2,1-4H3. The summed E-state index contributed by atoms with van der Waals surface area (Å²) in [5.41, 5.74) is 3.99. The predicted octanol–water partition coefficient (Wildman–Crippen LogP) is 7.02. The van der Waals surface area contributed by atoms with E-state index in [1.165, 1.54) is 21.7 Å². The fraction of sp³-hybridized carbons (Fsp3) is 0.412. The summed E-state index contributed by atoms with van der Waals surface area (Å²) in [4.78, 5) is 1.23. The van der Waals surface area contributed by atoms with Crippen molar-refractivity contribution < 1.29 is 0 Å². The molecule has 2 rings (SSSR count). The number of anilines is 1. The predicted molar refractivity (Wildman–Crippen MR) is 99.0 cm³/mol. The van der Waals surface area contributed by atoms with Crippen LogP contribution >= 0.6 is 38.9 Å². The maximum absolute atomic E-state index is 6.09. The van der Waals surface area contributed by atoms with Crippen molar-refractivity contribution in [2.45, 2.75) is 46.1 Å². The van der Waals surface area contributed by atoms with Crippen molar-refractivity contribution in [3.05, 3.63) is 49.1 Å². The van der Waals surface area contributed by atoms with Gasteiger partial charge in [0.2, 0.25) is 0 Å². The van der Waals surface area contributed by atoms with Crippen molar-refractivity contribution in [1.29, 1.82) is 0 Å². The van der Waals surface area contributed by atoms with E-state index in [0.717, 1.165) is 15.4 Å². The molecule has 0 radical (unpaired) electrons. The number of nitrogens with one attached hydrogen (secondary N) is 1. The summed E-state index contributed by atoms with van der Waals surface area (Å²) in [6, 6.07) is 8.83. The number of thiophene rings is 1. The first kappa shape index (κ1) is 16.9. The van der Waals surface area contributed by atoms with Gasteiger partial charge in [0.1, 0.15) is 4.34 Å². The first-order chi connectivity index (χ1) is 9.88. The minimum absolute atomic E-state index is 0.504. The number of benzene rings is 1. The van der Waals surface area contributed by atoms with Crippen LogP contribution in [-0.4, -0.2) is 0 Å². The minimum atomic E-state index is 0.504. The van der Waals surface area contributed by atoms with Crippen LogP contribution in [0.3, 0.4) is 0 Å². The van der Waals surface area contributed by atoms with E-state index in [-0.39, 0.29) is 0 Å². The lowest BCUT2D eigenvalue weighted by atomic mass is 9.94. The highest BCUT2D eigenvalue weighted by Gasteiger charge is 2.10. The molecular weight excluding hydrogens is 366 g/mol. The van der Waals surface area contributed by atoms with Crippen LogP contribution in [0.25, 0.3) is 0 Å². The van der Waals surface area contributed by atoms with Crippen molar-refractivity contribution in [2.24, 2.45) is 0 Å². The number of halogens is 2. The second-order valence-corrected chi connectivity index (χ2v) is 8.44. The Kier molecular flexibility index (Phi) is 5.75. The van der Waals surface area contributed by atoms with Crippen LogP contribution in [0.15, 0.2) is 28.7 Å². The summed E-state index contributed by atoms with van der Waals surface area (Å²) in [5.74, 6) is 1.06. The van der Waals surface area contributed by atoms with E-state index >= 15 is 0 Å². The number of hydrogen-bond donors (Lipinski definition) is 1. The van der Waals surface area contributed by atoms with Crippen LogP contribution in [-0.2, 0) is 6.54 Å². The Balaban J connectivity index is 2.19. The first-order valence-electron chi connectivity index (χ1n) is 7.20. The van der Waals surface area contributed by atoms with Crippen LogP contribution in [0, 0.1) is 0 Å². The van der Waals surface area contributed by atoms with E-state index in [9.17, 15) is 0 Å². The van der Waals surface area contributed by atoms with E-state index < -0.39 is 0 Å². The molecule has 0 atom stereocenters. The Morgan fingerprint density at radius 1 is 1.14 bits per heavy atom. The van der Waals surface area contributed by atoms with Crippen molar-refractivity contribution in [3.8, 4) is 0 Å². The highest BCUT2D eigenvalue weighted by molar-refractivity contribution is 9.10. The zero-order valence-electron chi connectivity index (χ0n) is 12.8. The third kappa shape index (κ3) is 4.24. The third-order valence-corrected chi connectivity index (χ3v) is 5.99. The highest BCUT2D eigenvalue weighted by atomic mass is 79.9. The summed E-state index contributed by atoms with van der Waals surface area (Å²) in [5, 5.41) is 3.55. The quantitative estimate of drug-likeness (QED) is 0.582. The molecule has 4 heteroatoms. The summed E-state index contributed by atoms with van der Waals surface area (Å²) >= 11 is 11.2. The van der Waals surface area contributed by atoms with Gasteiger partial charge in [0, 0.05) is 21.6 Å². The third-order valence-electron chi connectivity index (χ3n) is 3.51. The molecule has 1 heterocycles. The van der Waals surface area contributed by atoms with Crippen LogP contribution in [0.1, 0.15) is 55.5 Å². The largest absolute Gasteiger partial charge is 0.380 e. The maximum atomic E-state index is 6.09. The molecule has 0 aliphatic heterocycles. The summed E-state index contributed by atoms with van der Waals surface area (Å²) < 4.78 is 1.79. The normalized spacial score (nSPS) is 11.4. The fourth-order valence-electron chi connectivity index (χ4n) is 2.24. The molecule has 0 amide bonds. The topological polar surface area (TPSA) is 12.0 Å². The molecule has 2 aromatic rings. The molecule has 0 fully saturated rings.